The normalized spacial score (nSPS) is 11.0. The second-order valence-corrected chi connectivity index (χ2v) is 7.87. The summed E-state index contributed by atoms with van der Waals surface area (Å²) in [6.45, 7) is 2.67. The Bertz CT molecular complexity index is 1270. The lowest BCUT2D eigenvalue weighted by Crippen LogP contribution is -2.44. The molecular weight excluding hydrogens is 492 g/mol. The Morgan fingerprint density at radius 2 is 1.39 bits per heavy atom. The number of benzene rings is 2. The van der Waals surface area contributed by atoms with E-state index in [0.29, 0.717) is 17.2 Å². The summed E-state index contributed by atoms with van der Waals surface area (Å²) < 4.78 is 20.7. The molecule has 1 aromatic heterocycles. The van der Waals surface area contributed by atoms with E-state index in [1.807, 2.05) is 24.3 Å². The zero-order valence-corrected chi connectivity index (χ0v) is 21.6. The van der Waals surface area contributed by atoms with Crippen LogP contribution in [0.3, 0.4) is 0 Å². The van der Waals surface area contributed by atoms with E-state index in [1.54, 1.807) is 38.5 Å². The highest BCUT2D eigenvalue weighted by molar-refractivity contribution is 6.13. The molecule has 11 heteroatoms. The molecule has 0 bridgehead atoms. The first-order valence-electron chi connectivity index (χ1n) is 11.5. The highest BCUT2D eigenvalue weighted by Gasteiger charge is 2.24. The van der Waals surface area contributed by atoms with E-state index in [2.05, 4.69) is 20.8 Å². The van der Waals surface area contributed by atoms with Crippen molar-refractivity contribution in [3.05, 3.63) is 77.6 Å². The maximum atomic E-state index is 12.9. The van der Waals surface area contributed by atoms with Gasteiger partial charge in [0.05, 0.1) is 27.0 Å². The van der Waals surface area contributed by atoms with Crippen molar-refractivity contribution in [2.45, 2.75) is 19.9 Å². The van der Waals surface area contributed by atoms with Crippen molar-refractivity contribution in [3.8, 4) is 23.0 Å². The van der Waals surface area contributed by atoms with E-state index in [4.69, 9.17) is 18.9 Å². The van der Waals surface area contributed by atoms with E-state index in [-0.39, 0.29) is 17.2 Å². The molecule has 2 amide bonds. The molecule has 0 aliphatic heterocycles. The van der Waals surface area contributed by atoms with Crippen LogP contribution >= 0.6 is 0 Å². The zero-order valence-electron chi connectivity index (χ0n) is 21.6. The third kappa shape index (κ3) is 6.84. The summed E-state index contributed by atoms with van der Waals surface area (Å²) in [6, 6.07) is 14.8. The molecule has 0 aliphatic rings. The number of nitrogens with one attached hydrogen (secondary N) is 2. The standard InChI is InChI=1S/C27H28N4O7/c1-16(29-27(34)24-25(38-17(2)32)22(37-5)14-15-28-24)26(33)31-30-23(18-6-10-20(35-3)11-7-18)19-8-12-21(36-4)13-9-19/h6-16H,1-5H3,(H,29,34)(H,31,33)/t16-/m0/s1. The second-order valence-electron chi connectivity index (χ2n) is 7.87. The molecule has 0 saturated carbocycles. The molecule has 11 nitrogen and oxygen atoms in total. The van der Waals surface area contributed by atoms with Crippen LogP contribution < -0.4 is 29.7 Å². The lowest BCUT2D eigenvalue weighted by Gasteiger charge is -2.15. The average molecular weight is 521 g/mol. The topological polar surface area (TPSA) is 137 Å². The van der Waals surface area contributed by atoms with Crippen LogP contribution in [0.25, 0.3) is 0 Å². The van der Waals surface area contributed by atoms with Gasteiger partial charge in [-0.1, -0.05) is 0 Å². The van der Waals surface area contributed by atoms with Gasteiger partial charge in [0.15, 0.2) is 11.4 Å². The molecular formula is C27H28N4O7. The fourth-order valence-electron chi connectivity index (χ4n) is 3.33. The minimum absolute atomic E-state index is 0.144. The van der Waals surface area contributed by atoms with E-state index in [0.717, 1.165) is 11.1 Å². The monoisotopic (exact) mass is 520 g/mol. The van der Waals surface area contributed by atoms with Crippen molar-refractivity contribution in [2.75, 3.05) is 21.3 Å². The third-order valence-electron chi connectivity index (χ3n) is 5.29. The van der Waals surface area contributed by atoms with Gasteiger partial charge in [-0.15, -0.1) is 0 Å². The molecule has 0 spiro atoms. The number of pyridine rings is 1. The Balaban J connectivity index is 1.82. The highest BCUT2D eigenvalue weighted by atomic mass is 16.6. The van der Waals surface area contributed by atoms with Crippen molar-refractivity contribution in [3.63, 3.8) is 0 Å². The summed E-state index contributed by atoms with van der Waals surface area (Å²) in [5.74, 6) is -0.648. The molecule has 3 rings (SSSR count). The number of ether oxygens (including phenoxy) is 4. The summed E-state index contributed by atoms with van der Waals surface area (Å²) >= 11 is 0. The molecule has 0 aliphatic carbocycles. The molecule has 0 unspecified atom stereocenters. The minimum atomic E-state index is -1.02. The van der Waals surface area contributed by atoms with Gasteiger partial charge < -0.3 is 24.3 Å². The van der Waals surface area contributed by atoms with Gasteiger partial charge >= 0.3 is 5.97 Å². The number of aromatic nitrogens is 1. The van der Waals surface area contributed by atoms with Crippen LogP contribution in [0.15, 0.2) is 65.9 Å². The Hall–Kier alpha value is -4.93. The number of hydrogen-bond donors (Lipinski definition) is 2. The lowest BCUT2D eigenvalue weighted by molar-refractivity contribution is -0.132. The molecule has 2 aromatic carbocycles. The van der Waals surface area contributed by atoms with Crippen molar-refractivity contribution in [1.29, 1.82) is 0 Å². The Labute approximate surface area is 219 Å². The molecule has 0 fully saturated rings. The van der Waals surface area contributed by atoms with Crippen LogP contribution in [-0.4, -0.2) is 55.9 Å². The fraction of sp³-hybridized carbons (Fsp3) is 0.222. The Kier molecular flexibility index (Phi) is 9.36. The second kappa shape index (κ2) is 12.9. The van der Waals surface area contributed by atoms with Gasteiger partial charge in [0, 0.05) is 30.3 Å². The maximum absolute atomic E-state index is 12.9. The van der Waals surface area contributed by atoms with Crippen LogP contribution in [0.4, 0.5) is 0 Å². The number of methoxy groups -OCH3 is 3. The van der Waals surface area contributed by atoms with Crippen molar-refractivity contribution in [2.24, 2.45) is 5.10 Å². The molecule has 1 atom stereocenters. The van der Waals surface area contributed by atoms with Crippen LogP contribution in [0.1, 0.15) is 35.5 Å². The number of hydrogen-bond acceptors (Lipinski definition) is 9. The first-order valence-corrected chi connectivity index (χ1v) is 11.5. The predicted octanol–water partition coefficient (Wildman–Crippen LogP) is 2.72. The summed E-state index contributed by atoms with van der Waals surface area (Å²) in [6.07, 6.45) is 1.33. The summed E-state index contributed by atoms with van der Waals surface area (Å²) in [5.41, 5.74) is 4.22. The van der Waals surface area contributed by atoms with E-state index >= 15 is 0 Å². The number of carbonyl (C=O) groups excluding carboxylic acids is 3. The number of amides is 2. The van der Waals surface area contributed by atoms with Crippen LogP contribution in [0.5, 0.6) is 23.0 Å². The van der Waals surface area contributed by atoms with Gasteiger partial charge in [-0.2, -0.15) is 5.10 Å². The molecule has 2 N–H and O–H groups in total. The van der Waals surface area contributed by atoms with Crippen molar-refractivity contribution >= 4 is 23.5 Å². The number of hydrazone groups is 1. The van der Waals surface area contributed by atoms with Gasteiger partial charge in [0.1, 0.15) is 17.5 Å². The van der Waals surface area contributed by atoms with Gasteiger partial charge in [0.2, 0.25) is 5.75 Å². The van der Waals surface area contributed by atoms with E-state index < -0.39 is 23.8 Å². The smallest absolute Gasteiger partial charge is 0.308 e. The van der Waals surface area contributed by atoms with Crippen LogP contribution in [0.2, 0.25) is 0 Å². The van der Waals surface area contributed by atoms with Gasteiger partial charge in [-0.25, -0.2) is 10.4 Å². The Morgan fingerprint density at radius 1 is 0.842 bits per heavy atom. The molecule has 0 saturated heterocycles. The van der Waals surface area contributed by atoms with Crippen LogP contribution in [-0.2, 0) is 9.59 Å². The number of nitrogens with zero attached hydrogens (tertiary/aromatic N) is 2. The minimum Gasteiger partial charge on any atom is -0.497 e. The maximum Gasteiger partial charge on any atom is 0.308 e. The van der Waals surface area contributed by atoms with E-state index in [9.17, 15) is 14.4 Å². The van der Waals surface area contributed by atoms with Crippen molar-refractivity contribution < 1.29 is 33.3 Å². The zero-order chi connectivity index (χ0) is 27.7. The number of carbonyl (C=O) groups is 3. The van der Waals surface area contributed by atoms with Gasteiger partial charge in [-0.05, 0) is 55.5 Å². The molecule has 198 valence electrons. The van der Waals surface area contributed by atoms with Crippen LogP contribution in [0, 0.1) is 0 Å². The molecule has 38 heavy (non-hydrogen) atoms. The summed E-state index contributed by atoms with van der Waals surface area (Å²) in [5, 5.41) is 6.87. The summed E-state index contributed by atoms with van der Waals surface area (Å²) in [4.78, 5) is 41.2. The SMILES string of the molecule is COc1ccc(C(=NNC(=O)[C@H](C)NC(=O)c2nccc(OC)c2OC(C)=O)c2ccc(OC)cc2)cc1. The third-order valence-corrected chi connectivity index (χ3v) is 5.29. The van der Waals surface area contributed by atoms with E-state index in [1.165, 1.54) is 33.2 Å². The largest absolute Gasteiger partial charge is 0.497 e. The van der Waals surface area contributed by atoms with Gasteiger partial charge in [-0.3, -0.25) is 14.4 Å². The Morgan fingerprint density at radius 3 is 1.87 bits per heavy atom. The first kappa shape index (κ1) is 27.7. The van der Waals surface area contributed by atoms with Gasteiger partial charge in [0.25, 0.3) is 11.8 Å². The number of esters is 1. The quantitative estimate of drug-likeness (QED) is 0.237. The van der Waals surface area contributed by atoms with Crippen molar-refractivity contribution in [1.82, 2.24) is 15.7 Å². The predicted molar refractivity (Wildman–Crippen MR) is 139 cm³/mol. The first-order chi connectivity index (χ1) is 18.3. The molecule has 0 radical (unpaired) electrons. The molecule has 3 aromatic rings. The number of rotatable bonds is 10. The lowest BCUT2D eigenvalue weighted by atomic mass is 10.0. The fourth-order valence-corrected chi connectivity index (χ4v) is 3.33. The molecule has 1 heterocycles. The summed E-state index contributed by atoms with van der Waals surface area (Å²) in [7, 11) is 4.50. The highest BCUT2D eigenvalue weighted by Crippen LogP contribution is 2.29. The average Bonchev–Trinajstić information content (AvgIpc) is 2.93.